The van der Waals surface area contributed by atoms with Crippen LogP contribution in [0.3, 0.4) is 0 Å². The molecule has 1 unspecified atom stereocenters. The van der Waals surface area contributed by atoms with Crippen molar-refractivity contribution in [2.75, 3.05) is 27.0 Å². The normalized spacial score (nSPS) is 22.6. The number of hydrogen-bond donors (Lipinski definition) is 2. The molecule has 2 aromatic carbocycles. The van der Waals surface area contributed by atoms with Crippen LogP contribution in [0.15, 0.2) is 59.5 Å². The van der Waals surface area contributed by atoms with E-state index in [-0.39, 0.29) is 49.0 Å². The summed E-state index contributed by atoms with van der Waals surface area (Å²) >= 11 is -0.943. The Labute approximate surface area is 240 Å². The Kier molecular flexibility index (Phi) is 10.5. The van der Waals surface area contributed by atoms with Gasteiger partial charge in [-0.05, 0) is 0 Å². The van der Waals surface area contributed by atoms with Gasteiger partial charge in [0.15, 0.2) is 0 Å². The predicted molar refractivity (Wildman–Crippen MR) is 139 cm³/mol. The molecule has 2 aromatic rings. The summed E-state index contributed by atoms with van der Waals surface area (Å²) in [4.78, 5) is 13.0. The minimum absolute atomic E-state index is 0.0108. The Balaban J connectivity index is 1.49. The van der Waals surface area contributed by atoms with Crippen molar-refractivity contribution in [1.29, 1.82) is 0 Å². The zero-order chi connectivity index (χ0) is 28.0. The number of sulfonamides is 1. The minimum atomic E-state index is -3.92. The first-order valence-electron chi connectivity index (χ1n) is 12.9. The zero-order valence-electron chi connectivity index (χ0n) is 22.2. The Bertz CT molecular complexity index is 1170. The van der Waals surface area contributed by atoms with Crippen molar-refractivity contribution in [3.8, 4) is 5.75 Å². The number of methoxy groups -OCH3 is 1. The van der Waals surface area contributed by atoms with Gasteiger partial charge in [-0.15, -0.1) is 0 Å². The molecule has 1 aliphatic carbocycles. The molecule has 12 heteroatoms. The number of carbonyl (C=O) groups is 1. The van der Waals surface area contributed by atoms with Crippen LogP contribution in [0, 0.1) is 9.49 Å². The topological polar surface area (TPSA) is 124 Å². The van der Waals surface area contributed by atoms with Crippen molar-refractivity contribution in [2.45, 2.75) is 60.0 Å². The van der Waals surface area contributed by atoms with Gasteiger partial charge in [-0.25, -0.2) is 0 Å². The molecule has 0 bridgehead atoms. The number of alkyl halides is 1. The third-order valence-corrected chi connectivity index (χ3v) is 11.6. The van der Waals surface area contributed by atoms with E-state index in [1.165, 1.54) is 23.5 Å². The fourth-order valence-corrected chi connectivity index (χ4v) is 8.85. The van der Waals surface area contributed by atoms with Gasteiger partial charge in [0.1, 0.15) is 0 Å². The number of halogens is 1. The van der Waals surface area contributed by atoms with Gasteiger partial charge < -0.3 is 0 Å². The van der Waals surface area contributed by atoms with Crippen LogP contribution in [0.4, 0.5) is 4.79 Å². The number of carbonyl (C=O) groups excluding carboxylic acids is 1. The molecule has 0 spiro atoms. The Morgan fingerprint density at radius 1 is 1.08 bits per heavy atom. The number of alkyl carbamates (subject to hydrolysis) is 1. The molecular formula is C27H36IN2O8S-. The van der Waals surface area contributed by atoms with Crippen molar-refractivity contribution in [2.24, 2.45) is 5.92 Å². The fourth-order valence-electron chi connectivity index (χ4n) is 4.57. The molecule has 1 heterocycles. The monoisotopic (exact) mass is 675 g/mol. The molecule has 2 fully saturated rings. The summed E-state index contributed by atoms with van der Waals surface area (Å²) in [5.41, 5.74) is 0. The van der Waals surface area contributed by atoms with Crippen LogP contribution >= 0.6 is 0 Å². The van der Waals surface area contributed by atoms with Gasteiger partial charge in [0.05, 0.1) is 0 Å². The van der Waals surface area contributed by atoms with Crippen molar-refractivity contribution in [3.05, 3.63) is 58.2 Å². The van der Waals surface area contributed by atoms with E-state index in [4.69, 9.17) is 18.9 Å². The average Bonchev–Trinajstić information content (AvgIpc) is 3.50. The summed E-state index contributed by atoms with van der Waals surface area (Å²) in [5.74, 6) is 0.556. The molecule has 1 amide bonds. The van der Waals surface area contributed by atoms with Gasteiger partial charge >= 0.3 is 241 Å². The predicted octanol–water partition coefficient (Wildman–Crippen LogP) is -0.382. The number of nitrogens with one attached hydrogen (secondary N) is 1. The second kappa shape index (κ2) is 13.6. The molecule has 39 heavy (non-hydrogen) atoms. The number of nitrogens with zero attached hydrogens (tertiary/aromatic N) is 1. The molecule has 1 aliphatic heterocycles. The van der Waals surface area contributed by atoms with Crippen LogP contribution in [0.1, 0.15) is 26.7 Å². The molecule has 1 saturated heterocycles. The van der Waals surface area contributed by atoms with Crippen LogP contribution in [0.2, 0.25) is 0 Å². The van der Waals surface area contributed by atoms with Gasteiger partial charge in [0, 0.05) is 0 Å². The maximum absolute atomic E-state index is 13.6. The summed E-state index contributed by atoms with van der Waals surface area (Å²) in [6.07, 6.45) is -1.19. The van der Waals surface area contributed by atoms with E-state index in [1.807, 2.05) is 44.2 Å². The second-order valence-electron chi connectivity index (χ2n) is 9.94. The second-order valence-corrected chi connectivity index (χ2v) is 15.1. The van der Waals surface area contributed by atoms with E-state index < -0.39 is 47.5 Å². The molecule has 0 aromatic heterocycles. The number of aliphatic hydroxyl groups excluding tert-OH is 1. The van der Waals surface area contributed by atoms with E-state index in [0.717, 1.165) is 3.57 Å². The van der Waals surface area contributed by atoms with Gasteiger partial charge in [0.2, 0.25) is 0 Å². The summed E-state index contributed by atoms with van der Waals surface area (Å²) in [7, 11) is -2.41. The summed E-state index contributed by atoms with van der Waals surface area (Å²) < 4.78 is 50.6. The van der Waals surface area contributed by atoms with Crippen LogP contribution in [-0.2, 0) is 24.2 Å². The third kappa shape index (κ3) is 8.04. The molecule has 2 N–H and O–H groups in total. The first kappa shape index (κ1) is 30.0. The van der Waals surface area contributed by atoms with Crippen LogP contribution in [0.25, 0.3) is 0 Å². The Morgan fingerprint density at radius 2 is 1.72 bits per heavy atom. The van der Waals surface area contributed by atoms with Crippen molar-refractivity contribution in [1.82, 2.24) is 9.62 Å². The number of fused-ring (bicyclic) bond motifs is 1. The summed E-state index contributed by atoms with van der Waals surface area (Å²) in [6, 6.07) is 15.7. The molecule has 2 aliphatic rings. The first-order chi connectivity index (χ1) is 18.7. The van der Waals surface area contributed by atoms with E-state index in [2.05, 4.69) is 5.32 Å². The molecular weight excluding hydrogens is 639 g/mol. The van der Waals surface area contributed by atoms with Crippen LogP contribution in [-0.4, -0.2) is 79.4 Å². The van der Waals surface area contributed by atoms with Crippen LogP contribution in [0.5, 0.6) is 5.75 Å². The zero-order valence-corrected chi connectivity index (χ0v) is 25.2. The van der Waals surface area contributed by atoms with Crippen LogP contribution < -0.4 is 31.3 Å². The maximum atomic E-state index is 13.6. The quantitative estimate of drug-likeness (QED) is 0.178. The van der Waals surface area contributed by atoms with E-state index in [0.29, 0.717) is 18.6 Å². The fraction of sp³-hybridized carbons (Fsp3) is 0.519. The van der Waals surface area contributed by atoms with Gasteiger partial charge in [0.25, 0.3) is 0 Å². The summed E-state index contributed by atoms with van der Waals surface area (Å²) in [6.45, 7) is 4.11. The number of amides is 1. The summed E-state index contributed by atoms with van der Waals surface area (Å²) in [5, 5.41) is 14.2. The molecule has 0 radical (unpaired) electrons. The number of aliphatic hydroxyl groups is 1. The van der Waals surface area contributed by atoms with Gasteiger partial charge in [-0.3, -0.25) is 0 Å². The van der Waals surface area contributed by atoms with E-state index in [9.17, 15) is 18.3 Å². The standard InChI is InChI=1S/C27H36IN2O8S/c1-18(2)15-30(39(33,34)22-11-9-20(35-3)10-12-22)16-23(31)26(28-19-7-5-4-6-8-19)29-27(32)38-21-13-24-25(14-21)37-17-36-24/h4-12,18,21,23-26,31H,13-17H2,1-3H3,(H,29,32)/q-1/t21?,23-,24-,25+,26-/m1/s1. The number of rotatable bonds is 12. The van der Waals surface area contributed by atoms with E-state index >= 15 is 0 Å². The molecule has 5 atom stereocenters. The number of hydrogen-bond acceptors (Lipinski definition) is 8. The third-order valence-electron chi connectivity index (χ3n) is 6.47. The van der Waals surface area contributed by atoms with E-state index in [1.54, 1.807) is 12.1 Å². The van der Waals surface area contributed by atoms with Crippen molar-refractivity contribution in [3.63, 3.8) is 0 Å². The van der Waals surface area contributed by atoms with Gasteiger partial charge in [-0.1, -0.05) is 0 Å². The SMILES string of the molecule is COc1ccc(S(=O)(=O)N(CC(C)C)C[C@@H](O)[C@@H](NC(=O)OC2C[C@@H]3OCO[C@@H]3C2)[I-]c2ccccc2)cc1. The Hall–Kier alpha value is -1.97. The molecule has 10 nitrogen and oxygen atoms in total. The Morgan fingerprint density at radius 3 is 2.31 bits per heavy atom. The molecule has 4 rings (SSSR count). The van der Waals surface area contributed by atoms with Gasteiger partial charge in [-0.2, -0.15) is 0 Å². The average molecular weight is 676 g/mol. The molecule has 1 saturated carbocycles. The number of benzene rings is 2. The first-order valence-corrected chi connectivity index (χ1v) is 16.6. The molecule has 216 valence electrons. The number of ether oxygens (including phenoxy) is 4. The van der Waals surface area contributed by atoms with Crippen molar-refractivity contribution >= 4 is 16.1 Å². The van der Waals surface area contributed by atoms with Crippen molar-refractivity contribution < 1.29 is 58.5 Å².